The first kappa shape index (κ1) is 21.4. The van der Waals surface area contributed by atoms with Crippen LogP contribution in [0.3, 0.4) is 0 Å². The smallest absolute Gasteiger partial charge is 0.330 e. The second-order valence-corrected chi connectivity index (χ2v) is 9.10. The van der Waals surface area contributed by atoms with Gasteiger partial charge in [-0.2, -0.15) is 0 Å². The van der Waals surface area contributed by atoms with Crippen molar-refractivity contribution < 1.29 is 4.79 Å². The summed E-state index contributed by atoms with van der Waals surface area (Å²) in [6, 6.07) is 9.46. The van der Waals surface area contributed by atoms with Crippen LogP contribution in [0.4, 0.5) is 11.5 Å². The fourth-order valence-electron chi connectivity index (χ4n) is 5.40. The van der Waals surface area contributed by atoms with Crippen LogP contribution < -0.4 is 21.9 Å². The summed E-state index contributed by atoms with van der Waals surface area (Å²) >= 11 is 0. The number of fused-ring (bicyclic) bond motifs is 2. The van der Waals surface area contributed by atoms with E-state index in [4.69, 9.17) is 5.73 Å². The van der Waals surface area contributed by atoms with Crippen molar-refractivity contribution >= 4 is 17.4 Å². The van der Waals surface area contributed by atoms with Crippen LogP contribution in [-0.4, -0.2) is 22.0 Å². The van der Waals surface area contributed by atoms with E-state index in [0.717, 1.165) is 30.7 Å². The Labute approximate surface area is 182 Å². The lowest BCUT2D eigenvalue weighted by atomic mass is 9.86. The predicted octanol–water partition coefficient (Wildman–Crippen LogP) is 3.13. The summed E-state index contributed by atoms with van der Waals surface area (Å²) < 4.78 is 1.34. The number of rotatable bonds is 8. The number of hydrogen-bond acceptors (Lipinski definition) is 4. The number of benzene rings is 1. The number of nitrogen functional groups attached to an aromatic ring is 1. The van der Waals surface area contributed by atoms with Gasteiger partial charge in [-0.3, -0.25) is 19.1 Å². The first-order valence-corrected chi connectivity index (χ1v) is 11.4. The zero-order chi connectivity index (χ0) is 22.0. The zero-order valence-electron chi connectivity index (χ0n) is 18.2. The molecule has 31 heavy (non-hydrogen) atoms. The summed E-state index contributed by atoms with van der Waals surface area (Å²) in [7, 11) is 0. The molecule has 2 saturated carbocycles. The minimum Gasteiger partial charge on any atom is -0.383 e. The van der Waals surface area contributed by atoms with Gasteiger partial charge in [0.2, 0.25) is 5.91 Å². The highest BCUT2D eigenvalue weighted by Gasteiger charge is 2.41. The van der Waals surface area contributed by atoms with Gasteiger partial charge in [-0.15, -0.1) is 0 Å². The molecular weight excluding hydrogens is 392 g/mol. The lowest BCUT2D eigenvalue weighted by Gasteiger charge is -2.28. The van der Waals surface area contributed by atoms with Crippen LogP contribution in [0.15, 0.2) is 39.9 Å². The van der Waals surface area contributed by atoms with E-state index in [1.54, 1.807) is 0 Å². The Bertz CT molecular complexity index is 1040. The number of aromatic nitrogens is 2. The number of nitrogens with one attached hydrogen (secondary N) is 1. The Morgan fingerprint density at radius 2 is 1.97 bits per heavy atom. The van der Waals surface area contributed by atoms with E-state index in [1.165, 1.54) is 28.7 Å². The molecule has 1 amide bonds. The van der Waals surface area contributed by atoms with E-state index in [1.807, 2.05) is 37.3 Å². The molecule has 2 aliphatic carbocycles. The van der Waals surface area contributed by atoms with E-state index in [-0.39, 0.29) is 24.0 Å². The molecule has 2 bridgehead atoms. The van der Waals surface area contributed by atoms with Gasteiger partial charge >= 0.3 is 5.69 Å². The average Bonchev–Trinajstić information content (AvgIpc) is 3.37. The fourth-order valence-corrected chi connectivity index (χ4v) is 5.40. The molecule has 1 aromatic heterocycles. The van der Waals surface area contributed by atoms with Gasteiger partial charge < -0.3 is 10.6 Å². The van der Waals surface area contributed by atoms with Crippen LogP contribution in [0.5, 0.6) is 0 Å². The Morgan fingerprint density at radius 3 is 2.61 bits per heavy atom. The predicted molar refractivity (Wildman–Crippen MR) is 122 cm³/mol. The maximum Gasteiger partial charge on any atom is 0.330 e. The number of hydrogen-bond donors (Lipinski definition) is 2. The molecule has 0 aliphatic heterocycles. The standard InChI is InChI=1S/C24H32N4O3/c1-2-3-11-27(20(29)14-19-13-17-9-10-18(19)12-17)21-22(25)28(24(31)26-23(21)30)15-16-7-5-4-6-8-16/h4-8,17-19H,2-3,9-15,25H2,1H3,(H,26,30,31)/t17-,18+,19-/m0/s1. The van der Waals surface area contributed by atoms with Crippen molar-refractivity contribution in [2.45, 2.75) is 58.4 Å². The fraction of sp³-hybridized carbons (Fsp3) is 0.542. The van der Waals surface area contributed by atoms with E-state index in [2.05, 4.69) is 4.98 Å². The summed E-state index contributed by atoms with van der Waals surface area (Å²) in [5.74, 6) is 1.77. The molecular formula is C24H32N4O3. The maximum absolute atomic E-state index is 13.4. The molecule has 2 aliphatic rings. The van der Waals surface area contributed by atoms with Gasteiger partial charge in [0.15, 0.2) is 5.69 Å². The molecule has 0 radical (unpaired) electrons. The van der Waals surface area contributed by atoms with E-state index >= 15 is 0 Å². The van der Waals surface area contributed by atoms with Gasteiger partial charge in [0.25, 0.3) is 5.56 Å². The molecule has 3 atom stereocenters. The number of carbonyl (C=O) groups is 1. The van der Waals surface area contributed by atoms with Crippen LogP contribution >= 0.6 is 0 Å². The number of carbonyl (C=O) groups excluding carboxylic acids is 1. The van der Waals surface area contributed by atoms with E-state index in [9.17, 15) is 14.4 Å². The Hall–Kier alpha value is -2.83. The van der Waals surface area contributed by atoms with Crippen LogP contribution in [0, 0.1) is 17.8 Å². The van der Waals surface area contributed by atoms with Gasteiger partial charge in [0.1, 0.15) is 5.82 Å². The van der Waals surface area contributed by atoms with Gasteiger partial charge in [-0.05, 0) is 49.0 Å². The minimum atomic E-state index is -0.593. The normalized spacial score (nSPS) is 22.0. The highest BCUT2D eigenvalue weighted by Crippen LogP contribution is 2.49. The van der Waals surface area contributed by atoms with Gasteiger partial charge in [0.05, 0.1) is 6.54 Å². The number of aromatic amines is 1. The minimum absolute atomic E-state index is 0.0509. The Kier molecular flexibility index (Phi) is 6.30. The van der Waals surface area contributed by atoms with E-state index < -0.39 is 11.2 Å². The summed E-state index contributed by atoms with van der Waals surface area (Å²) in [6.45, 7) is 2.70. The molecule has 1 heterocycles. The van der Waals surface area contributed by atoms with E-state index in [0.29, 0.717) is 24.8 Å². The maximum atomic E-state index is 13.4. The monoisotopic (exact) mass is 424 g/mol. The Morgan fingerprint density at radius 1 is 1.19 bits per heavy atom. The van der Waals surface area contributed by atoms with Crippen LogP contribution in [0.1, 0.15) is 57.4 Å². The quantitative estimate of drug-likeness (QED) is 0.680. The molecule has 0 unspecified atom stereocenters. The van der Waals surface area contributed by atoms with Crippen molar-refractivity contribution in [2.24, 2.45) is 17.8 Å². The van der Waals surface area contributed by atoms with Gasteiger partial charge in [0, 0.05) is 13.0 Å². The number of amides is 1. The van der Waals surface area contributed by atoms with Gasteiger partial charge in [-0.1, -0.05) is 50.1 Å². The molecule has 7 nitrogen and oxygen atoms in total. The highest BCUT2D eigenvalue weighted by atomic mass is 16.2. The molecule has 4 rings (SSSR count). The number of nitrogens with two attached hydrogens (primary N) is 1. The number of nitrogens with zero attached hydrogens (tertiary/aromatic N) is 2. The molecule has 7 heteroatoms. The van der Waals surface area contributed by atoms with Crippen molar-refractivity contribution in [3.63, 3.8) is 0 Å². The largest absolute Gasteiger partial charge is 0.383 e. The molecule has 0 spiro atoms. The topological polar surface area (TPSA) is 101 Å². The third-order valence-corrected chi connectivity index (χ3v) is 7.03. The summed E-state index contributed by atoms with van der Waals surface area (Å²) in [4.78, 5) is 42.6. The Balaban J connectivity index is 1.65. The number of unbranched alkanes of at least 4 members (excludes halogenated alkanes) is 1. The first-order chi connectivity index (χ1) is 15.0. The van der Waals surface area contributed by atoms with Crippen LogP contribution in [0.2, 0.25) is 0 Å². The first-order valence-electron chi connectivity index (χ1n) is 11.4. The van der Waals surface area contributed by atoms with Crippen LogP contribution in [0.25, 0.3) is 0 Å². The van der Waals surface area contributed by atoms with Crippen molar-refractivity contribution in [1.82, 2.24) is 9.55 Å². The molecule has 1 aromatic carbocycles. The highest BCUT2D eigenvalue weighted by molar-refractivity contribution is 5.95. The average molecular weight is 425 g/mol. The second-order valence-electron chi connectivity index (χ2n) is 9.10. The summed E-state index contributed by atoms with van der Waals surface area (Å²) in [5, 5.41) is 0. The van der Waals surface area contributed by atoms with Crippen molar-refractivity contribution in [3.8, 4) is 0 Å². The lowest BCUT2D eigenvalue weighted by molar-refractivity contribution is -0.119. The van der Waals surface area contributed by atoms with Gasteiger partial charge in [-0.25, -0.2) is 4.79 Å². The number of H-pyrrole nitrogens is 1. The molecule has 2 aromatic rings. The van der Waals surface area contributed by atoms with Crippen molar-refractivity contribution in [3.05, 3.63) is 56.7 Å². The lowest BCUT2D eigenvalue weighted by Crippen LogP contribution is -2.42. The summed E-state index contributed by atoms with van der Waals surface area (Å²) in [6.07, 6.45) is 6.93. The SMILES string of the molecule is CCCCN(C(=O)C[C@@H]1C[C@H]2CC[C@@H]1C2)c1c(N)n(Cc2ccccc2)c(=O)[nH]c1=O. The van der Waals surface area contributed by atoms with Crippen molar-refractivity contribution in [1.29, 1.82) is 0 Å². The van der Waals surface area contributed by atoms with Crippen LogP contribution in [-0.2, 0) is 11.3 Å². The van der Waals surface area contributed by atoms with Crippen molar-refractivity contribution in [2.75, 3.05) is 17.2 Å². The molecule has 2 fully saturated rings. The summed E-state index contributed by atoms with van der Waals surface area (Å²) in [5.41, 5.74) is 6.20. The number of anilines is 2. The third kappa shape index (κ3) is 4.45. The molecule has 3 N–H and O–H groups in total. The third-order valence-electron chi connectivity index (χ3n) is 7.03. The zero-order valence-corrected chi connectivity index (χ0v) is 18.2. The molecule has 166 valence electrons. The second kappa shape index (κ2) is 9.12. The molecule has 0 saturated heterocycles.